The van der Waals surface area contributed by atoms with Crippen molar-refractivity contribution in [2.75, 3.05) is 18.9 Å². The second-order valence-electron chi connectivity index (χ2n) is 5.88. The maximum absolute atomic E-state index is 14.0. The van der Waals surface area contributed by atoms with Crippen LogP contribution in [0, 0.1) is 11.6 Å². The van der Waals surface area contributed by atoms with Crippen molar-refractivity contribution in [3.05, 3.63) is 35.4 Å². The van der Waals surface area contributed by atoms with Crippen LogP contribution < -0.4 is 0 Å². The fraction of sp³-hybridized carbons (Fsp3) is 0.600. The Morgan fingerprint density at radius 1 is 1.39 bits per heavy atom. The molecule has 0 unspecified atom stereocenters. The lowest BCUT2D eigenvalue weighted by atomic mass is 10.0. The van der Waals surface area contributed by atoms with Crippen LogP contribution in [0.25, 0.3) is 0 Å². The van der Waals surface area contributed by atoms with Crippen LogP contribution in [0.3, 0.4) is 0 Å². The van der Waals surface area contributed by atoms with Gasteiger partial charge in [-0.05, 0) is 38.5 Å². The van der Waals surface area contributed by atoms with E-state index in [-0.39, 0.29) is 37.0 Å². The molecule has 1 aliphatic heterocycles. The molecule has 0 amide bonds. The molecule has 1 heterocycles. The minimum Gasteiger partial charge on any atom is -0.392 e. The first-order valence-corrected chi connectivity index (χ1v) is 9.05. The van der Waals surface area contributed by atoms with Crippen LogP contribution in [0.1, 0.15) is 31.9 Å². The van der Waals surface area contributed by atoms with Crippen molar-refractivity contribution in [2.24, 2.45) is 0 Å². The lowest BCUT2D eigenvalue weighted by molar-refractivity contribution is 0.0905. The standard InChI is InChI=1S/C15H21F2NO4S/c1-10(2)22-5-6-23(20,21)18-9-12(19)8-15(18)13-7-11(16)3-4-14(13)17/h3-4,7,10,12,15,19H,5-6,8-9H2,1-2H3/t12-,15+/m0/s1. The maximum Gasteiger partial charge on any atom is 0.217 e. The number of rotatable bonds is 6. The van der Waals surface area contributed by atoms with Gasteiger partial charge in [0.1, 0.15) is 11.6 Å². The van der Waals surface area contributed by atoms with Crippen LogP contribution in [0.5, 0.6) is 0 Å². The second kappa shape index (κ2) is 7.21. The Morgan fingerprint density at radius 2 is 2.09 bits per heavy atom. The summed E-state index contributed by atoms with van der Waals surface area (Å²) in [4.78, 5) is 0. The predicted octanol–water partition coefficient (Wildman–Crippen LogP) is 1.83. The largest absolute Gasteiger partial charge is 0.392 e. The van der Waals surface area contributed by atoms with E-state index in [1.807, 2.05) is 0 Å². The molecule has 1 saturated heterocycles. The Balaban J connectivity index is 2.23. The van der Waals surface area contributed by atoms with Gasteiger partial charge in [-0.25, -0.2) is 17.2 Å². The Morgan fingerprint density at radius 3 is 2.74 bits per heavy atom. The molecule has 1 aromatic carbocycles. The van der Waals surface area contributed by atoms with Crippen LogP contribution in [0.4, 0.5) is 8.78 Å². The third-order valence-electron chi connectivity index (χ3n) is 3.70. The summed E-state index contributed by atoms with van der Waals surface area (Å²) in [6.07, 6.45) is -0.987. The van der Waals surface area contributed by atoms with Gasteiger partial charge in [-0.15, -0.1) is 0 Å². The molecular formula is C15H21F2NO4S. The van der Waals surface area contributed by atoms with E-state index in [4.69, 9.17) is 4.74 Å². The van der Waals surface area contributed by atoms with E-state index in [2.05, 4.69) is 0 Å². The van der Waals surface area contributed by atoms with Gasteiger partial charge in [0.25, 0.3) is 0 Å². The molecule has 0 aliphatic carbocycles. The number of nitrogens with zero attached hydrogens (tertiary/aromatic N) is 1. The van der Waals surface area contributed by atoms with Crippen molar-refractivity contribution in [1.82, 2.24) is 4.31 Å². The van der Waals surface area contributed by atoms with E-state index in [9.17, 15) is 22.3 Å². The Hall–Kier alpha value is -1.09. The number of aliphatic hydroxyl groups excluding tert-OH is 1. The van der Waals surface area contributed by atoms with Crippen LogP contribution in [-0.2, 0) is 14.8 Å². The number of hydrogen-bond acceptors (Lipinski definition) is 4. The molecule has 2 rings (SSSR count). The fourth-order valence-corrected chi connectivity index (χ4v) is 4.18. The third kappa shape index (κ3) is 4.47. The summed E-state index contributed by atoms with van der Waals surface area (Å²) >= 11 is 0. The smallest absolute Gasteiger partial charge is 0.217 e. The van der Waals surface area contributed by atoms with E-state index in [0.717, 1.165) is 22.5 Å². The van der Waals surface area contributed by atoms with Gasteiger partial charge >= 0.3 is 0 Å². The van der Waals surface area contributed by atoms with Gasteiger partial charge in [-0.3, -0.25) is 0 Å². The van der Waals surface area contributed by atoms with Crippen molar-refractivity contribution >= 4 is 10.0 Å². The first-order valence-electron chi connectivity index (χ1n) is 7.45. The van der Waals surface area contributed by atoms with Gasteiger partial charge in [0.2, 0.25) is 10.0 Å². The molecule has 5 nitrogen and oxygen atoms in total. The average Bonchev–Trinajstić information content (AvgIpc) is 2.83. The first kappa shape index (κ1) is 18.3. The minimum absolute atomic E-state index is 0.00491. The van der Waals surface area contributed by atoms with Gasteiger partial charge in [0, 0.05) is 12.1 Å². The zero-order chi connectivity index (χ0) is 17.2. The highest BCUT2D eigenvalue weighted by Gasteiger charge is 2.40. The number of aliphatic hydroxyl groups is 1. The topological polar surface area (TPSA) is 66.8 Å². The molecule has 23 heavy (non-hydrogen) atoms. The van der Waals surface area contributed by atoms with E-state index < -0.39 is 33.8 Å². The monoisotopic (exact) mass is 349 g/mol. The van der Waals surface area contributed by atoms with Gasteiger partial charge in [-0.1, -0.05) is 0 Å². The summed E-state index contributed by atoms with van der Waals surface area (Å²) < 4.78 is 58.6. The van der Waals surface area contributed by atoms with Crippen LogP contribution in [0.2, 0.25) is 0 Å². The van der Waals surface area contributed by atoms with Gasteiger partial charge in [-0.2, -0.15) is 4.31 Å². The molecular weight excluding hydrogens is 328 g/mol. The first-order chi connectivity index (χ1) is 10.7. The summed E-state index contributed by atoms with van der Waals surface area (Å²) in [6.45, 7) is 3.45. The minimum atomic E-state index is -3.76. The summed E-state index contributed by atoms with van der Waals surface area (Å²) in [5.74, 6) is -1.61. The van der Waals surface area contributed by atoms with E-state index >= 15 is 0 Å². The average molecular weight is 349 g/mol. The quantitative estimate of drug-likeness (QED) is 0.851. The van der Waals surface area contributed by atoms with Crippen molar-refractivity contribution in [3.63, 3.8) is 0 Å². The second-order valence-corrected chi connectivity index (χ2v) is 7.92. The summed E-state index contributed by atoms with van der Waals surface area (Å²) in [5, 5.41) is 9.81. The lowest BCUT2D eigenvalue weighted by Gasteiger charge is -2.24. The number of sulfonamides is 1. The summed E-state index contributed by atoms with van der Waals surface area (Å²) in [7, 11) is -3.76. The van der Waals surface area contributed by atoms with E-state index in [0.29, 0.717) is 0 Å². The molecule has 1 aromatic rings. The van der Waals surface area contributed by atoms with Crippen molar-refractivity contribution in [1.29, 1.82) is 0 Å². The molecule has 0 spiro atoms. The highest BCUT2D eigenvalue weighted by molar-refractivity contribution is 7.89. The normalized spacial score (nSPS) is 22.9. The Kier molecular flexibility index (Phi) is 5.72. The molecule has 0 aromatic heterocycles. The lowest BCUT2D eigenvalue weighted by Crippen LogP contribution is -2.35. The third-order valence-corrected chi connectivity index (χ3v) is 5.50. The number of benzene rings is 1. The molecule has 0 radical (unpaired) electrons. The zero-order valence-corrected chi connectivity index (χ0v) is 13.9. The van der Waals surface area contributed by atoms with Crippen molar-refractivity contribution in [3.8, 4) is 0 Å². The van der Waals surface area contributed by atoms with E-state index in [1.54, 1.807) is 13.8 Å². The molecule has 2 atom stereocenters. The predicted molar refractivity (Wildman–Crippen MR) is 81.3 cm³/mol. The highest BCUT2D eigenvalue weighted by Crippen LogP contribution is 2.36. The van der Waals surface area contributed by atoms with E-state index in [1.165, 1.54) is 0 Å². The van der Waals surface area contributed by atoms with Gasteiger partial charge in [0.15, 0.2) is 0 Å². The van der Waals surface area contributed by atoms with Crippen molar-refractivity contribution < 1.29 is 27.0 Å². The van der Waals surface area contributed by atoms with Crippen molar-refractivity contribution in [2.45, 2.75) is 38.5 Å². The van der Waals surface area contributed by atoms with Gasteiger partial charge in [0.05, 0.1) is 30.6 Å². The molecule has 1 fully saturated rings. The molecule has 0 bridgehead atoms. The summed E-state index contributed by atoms with van der Waals surface area (Å²) in [6, 6.07) is 2.00. The van der Waals surface area contributed by atoms with Crippen LogP contribution in [-0.4, -0.2) is 48.9 Å². The van der Waals surface area contributed by atoms with Crippen LogP contribution in [0.15, 0.2) is 18.2 Å². The highest BCUT2D eigenvalue weighted by atomic mass is 32.2. The zero-order valence-electron chi connectivity index (χ0n) is 13.1. The molecule has 1 aliphatic rings. The number of β-amino-alcohol motifs (C(OH)–C–C–N with tert-alkyl or cyclic N) is 1. The van der Waals surface area contributed by atoms with Crippen LogP contribution >= 0.6 is 0 Å². The number of halogens is 2. The molecule has 130 valence electrons. The Labute approximate surface area is 134 Å². The molecule has 0 saturated carbocycles. The van der Waals surface area contributed by atoms with Gasteiger partial charge < -0.3 is 9.84 Å². The number of ether oxygens (including phenoxy) is 1. The Bertz CT molecular complexity index is 651. The summed E-state index contributed by atoms with van der Waals surface area (Å²) in [5.41, 5.74) is -0.0603. The molecule has 8 heteroatoms. The molecule has 1 N–H and O–H groups in total. The fourth-order valence-electron chi connectivity index (χ4n) is 2.65. The SMILES string of the molecule is CC(C)OCCS(=O)(=O)N1C[C@@H](O)C[C@@H]1c1cc(F)ccc1F. The number of hydrogen-bond donors (Lipinski definition) is 1. The maximum atomic E-state index is 14.0.